The van der Waals surface area contributed by atoms with Gasteiger partial charge in [-0.15, -0.1) is 0 Å². The first-order chi connectivity index (χ1) is 12.5. The molecule has 4 rings (SSSR count). The molecule has 2 saturated heterocycles. The summed E-state index contributed by atoms with van der Waals surface area (Å²) in [6.45, 7) is 0.432. The Hall–Kier alpha value is -3.16. The Morgan fingerprint density at radius 2 is 1.88 bits per heavy atom. The number of carbonyl (C=O) groups excluding carboxylic acids is 3. The number of amides is 3. The molecule has 3 heterocycles. The number of rotatable bonds is 3. The molecule has 0 aliphatic carbocycles. The lowest BCUT2D eigenvalue weighted by Gasteiger charge is -2.17. The van der Waals surface area contributed by atoms with E-state index in [2.05, 4.69) is 5.16 Å². The molecule has 2 aliphatic heterocycles. The molecule has 8 nitrogen and oxygen atoms in total. The number of hydrogen-bond donors (Lipinski definition) is 0. The second kappa shape index (κ2) is 5.98. The zero-order valence-corrected chi connectivity index (χ0v) is 14.3. The van der Waals surface area contributed by atoms with Crippen LogP contribution in [0.3, 0.4) is 0 Å². The van der Waals surface area contributed by atoms with Gasteiger partial charge in [0.05, 0.1) is 18.9 Å². The summed E-state index contributed by atoms with van der Waals surface area (Å²) < 4.78 is 10.4. The zero-order valence-electron chi connectivity index (χ0n) is 14.3. The van der Waals surface area contributed by atoms with E-state index in [4.69, 9.17) is 9.26 Å². The average Bonchev–Trinajstić information content (AvgIpc) is 3.36. The second-order valence-electron chi connectivity index (χ2n) is 6.47. The Balaban J connectivity index is 1.53. The molecule has 134 valence electrons. The van der Waals surface area contributed by atoms with Crippen molar-refractivity contribution in [2.75, 3.05) is 27.2 Å². The van der Waals surface area contributed by atoms with Crippen molar-refractivity contribution in [1.29, 1.82) is 0 Å². The molecule has 0 spiro atoms. The first-order valence-electron chi connectivity index (χ1n) is 8.21. The molecule has 2 aliphatic rings. The van der Waals surface area contributed by atoms with Crippen molar-refractivity contribution in [1.82, 2.24) is 15.0 Å². The molecule has 2 atom stereocenters. The normalized spacial score (nSPS) is 22.1. The van der Waals surface area contributed by atoms with E-state index in [0.29, 0.717) is 11.4 Å². The lowest BCUT2D eigenvalue weighted by molar-refractivity contribution is -0.138. The molecule has 0 radical (unpaired) electrons. The largest absolute Gasteiger partial charge is 0.497 e. The number of carbonyl (C=O) groups is 3. The van der Waals surface area contributed by atoms with Crippen molar-refractivity contribution >= 4 is 17.7 Å². The third-order valence-electron chi connectivity index (χ3n) is 4.99. The fraction of sp³-hybridized carbons (Fsp3) is 0.333. The molecule has 2 aromatic rings. The van der Waals surface area contributed by atoms with Crippen LogP contribution in [0.25, 0.3) is 11.3 Å². The van der Waals surface area contributed by atoms with Crippen LogP contribution in [0.2, 0.25) is 0 Å². The molecule has 3 amide bonds. The lowest BCUT2D eigenvalue weighted by atomic mass is 10.00. The molecule has 2 fully saturated rings. The number of hydrogen-bond acceptors (Lipinski definition) is 6. The first kappa shape index (κ1) is 16.3. The summed E-state index contributed by atoms with van der Waals surface area (Å²) in [5, 5.41) is 3.95. The SMILES string of the molecule is COc1cccc(-c2cc(C(=O)N3C[C@@H]4C(=O)N(C)C(=O)[C@@H]4C3)on2)c1. The van der Waals surface area contributed by atoms with Gasteiger partial charge in [0.1, 0.15) is 11.4 Å². The van der Waals surface area contributed by atoms with Crippen LogP contribution < -0.4 is 4.74 Å². The van der Waals surface area contributed by atoms with Crippen LogP contribution in [0.15, 0.2) is 34.9 Å². The van der Waals surface area contributed by atoms with Gasteiger partial charge in [-0.2, -0.15) is 0 Å². The van der Waals surface area contributed by atoms with E-state index >= 15 is 0 Å². The van der Waals surface area contributed by atoms with E-state index in [1.54, 1.807) is 19.2 Å². The zero-order chi connectivity index (χ0) is 18.4. The molecule has 26 heavy (non-hydrogen) atoms. The van der Waals surface area contributed by atoms with E-state index < -0.39 is 11.8 Å². The van der Waals surface area contributed by atoms with Gasteiger partial charge in [-0.1, -0.05) is 17.3 Å². The topological polar surface area (TPSA) is 93.0 Å². The molecule has 0 bridgehead atoms. The Morgan fingerprint density at radius 1 is 1.19 bits per heavy atom. The van der Waals surface area contributed by atoms with Gasteiger partial charge in [0.15, 0.2) is 0 Å². The van der Waals surface area contributed by atoms with Gasteiger partial charge in [-0.05, 0) is 12.1 Å². The monoisotopic (exact) mass is 355 g/mol. The summed E-state index contributed by atoms with van der Waals surface area (Å²) in [6, 6.07) is 8.81. The van der Waals surface area contributed by atoms with E-state index in [-0.39, 0.29) is 36.6 Å². The number of likely N-dealkylation sites (tertiary alicyclic amines) is 2. The highest BCUT2D eigenvalue weighted by Gasteiger charge is 2.52. The standard InChI is InChI=1S/C18H17N3O5/c1-20-16(22)12-8-21(9-13(12)17(20)23)18(24)15-7-14(19-26-15)10-4-3-5-11(6-10)25-2/h3-7,12-13H,8-9H2,1-2H3/t12-,13+. The first-order valence-corrected chi connectivity index (χ1v) is 8.21. The van der Waals surface area contributed by atoms with Crippen LogP contribution in [0.4, 0.5) is 0 Å². The summed E-state index contributed by atoms with van der Waals surface area (Å²) in [7, 11) is 3.05. The minimum absolute atomic E-state index is 0.0797. The molecular weight excluding hydrogens is 338 g/mol. The number of ether oxygens (including phenoxy) is 1. The number of aromatic nitrogens is 1. The highest BCUT2D eigenvalue weighted by Crippen LogP contribution is 2.33. The second-order valence-corrected chi connectivity index (χ2v) is 6.47. The quantitative estimate of drug-likeness (QED) is 0.764. The van der Waals surface area contributed by atoms with Crippen molar-refractivity contribution in [3.63, 3.8) is 0 Å². The third kappa shape index (κ3) is 2.45. The third-order valence-corrected chi connectivity index (χ3v) is 4.99. The summed E-state index contributed by atoms with van der Waals surface area (Å²) in [6.07, 6.45) is 0. The van der Waals surface area contributed by atoms with E-state index in [0.717, 1.165) is 10.5 Å². The molecular formula is C18H17N3O5. The van der Waals surface area contributed by atoms with Crippen molar-refractivity contribution in [2.45, 2.75) is 0 Å². The summed E-state index contributed by atoms with van der Waals surface area (Å²) >= 11 is 0. The number of benzene rings is 1. The van der Waals surface area contributed by atoms with Gasteiger partial charge in [-0.3, -0.25) is 19.3 Å². The number of nitrogens with zero attached hydrogens (tertiary/aromatic N) is 3. The van der Waals surface area contributed by atoms with Crippen LogP contribution in [-0.2, 0) is 9.59 Å². The number of methoxy groups -OCH3 is 1. The van der Waals surface area contributed by atoms with Crippen molar-refractivity contribution in [3.05, 3.63) is 36.1 Å². The molecule has 8 heteroatoms. The minimum Gasteiger partial charge on any atom is -0.497 e. The van der Waals surface area contributed by atoms with Crippen molar-refractivity contribution < 1.29 is 23.6 Å². The number of imide groups is 1. The van der Waals surface area contributed by atoms with Crippen LogP contribution in [0, 0.1) is 11.8 Å². The van der Waals surface area contributed by atoms with E-state index in [9.17, 15) is 14.4 Å². The summed E-state index contributed by atoms with van der Waals surface area (Å²) in [5.41, 5.74) is 1.27. The summed E-state index contributed by atoms with van der Waals surface area (Å²) in [5.74, 6) is -1.00. The Kier molecular flexibility index (Phi) is 3.75. The highest BCUT2D eigenvalue weighted by atomic mass is 16.5. The lowest BCUT2D eigenvalue weighted by Crippen LogP contribution is -2.36. The Bertz CT molecular complexity index is 882. The van der Waals surface area contributed by atoms with Gasteiger partial charge in [0.2, 0.25) is 17.6 Å². The molecule has 0 N–H and O–H groups in total. The van der Waals surface area contributed by atoms with Crippen LogP contribution in [0.1, 0.15) is 10.6 Å². The average molecular weight is 355 g/mol. The van der Waals surface area contributed by atoms with E-state index in [1.807, 2.05) is 18.2 Å². The van der Waals surface area contributed by atoms with Crippen LogP contribution in [-0.4, -0.2) is 59.9 Å². The van der Waals surface area contributed by atoms with Crippen molar-refractivity contribution in [2.24, 2.45) is 11.8 Å². The predicted molar refractivity (Wildman–Crippen MR) is 89.2 cm³/mol. The van der Waals surface area contributed by atoms with Gasteiger partial charge >= 0.3 is 0 Å². The van der Waals surface area contributed by atoms with Gasteiger partial charge in [-0.25, -0.2) is 0 Å². The minimum atomic E-state index is -0.461. The fourth-order valence-corrected chi connectivity index (χ4v) is 3.53. The van der Waals surface area contributed by atoms with Gasteiger partial charge < -0.3 is 14.2 Å². The molecule has 1 aromatic heterocycles. The Morgan fingerprint density at radius 3 is 2.54 bits per heavy atom. The van der Waals surface area contributed by atoms with Gasteiger partial charge in [0.25, 0.3) is 5.91 Å². The molecule has 0 unspecified atom stereocenters. The maximum Gasteiger partial charge on any atom is 0.292 e. The van der Waals surface area contributed by atoms with Crippen LogP contribution >= 0.6 is 0 Å². The fourth-order valence-electron chi connectivity index (χ4n) is 3.53. The molecule has 0 saturated carbocycles. The Labute approximate surface area is 149 Å². The van der Waals surface area contributed by atoms with Crippen LogP contribution in [0.5, 0.6) is 5.75 Å². The maximum atomic E-state index is 12.7. The maximum absolute atomic E-state index is 12.7. The predicted octanol–water partition coefficient (Wildman–Crippen LogP) is 1.04. The van der Waals surface area contributed by atoms with E-state index in [1.165, 1.54) is 11.9 Å². The van der Waals surface area contributed by atoms with Gasteiger partial charge in [0, 0.05) is 31.8 Å². The smallest absolute Gasteiger partial charge is 0.292 e. The highest BCUT2D eigenvalue weighted by molar-refractivity contribution is 6.06. The summed E-state index contributed by atoms with van der Waals surface area (Å²) in [4.78, 5) is 39.4. The molecule has 1 aromatic carbocycles. The number of fused-ring (bicyclic) bond motifs is 1. The van der Waals surface area contributed by atoms with Crippen molar-refractivity contribution in [3.8, 4) is 17.0 Å².